The number of esters is 2. The predicted molar refractivity (Wildman–Crippen MR) is 316 cm³/mol. The summed E-state index contributed by atoms with van der Waals surface area (Å²) in [7, 11) is 1.29. The van der Waals surface area contributed by atoms with Crippen LogP contribution in [0, 0.1) is 53.1 Å². The highest BCUT2D eigenvalue weighted by Gasteiger charge is 2.53. The molecule has 1 aromatic rings. The van der Waals surface area contributed by atoms with Crippen LogP contribution in [0.2, 0.25) is 0 Å². The molecule has 0 aliphatic carbocycles. The van der Waals surface area contributed by atoms with Gasteiger partial charge in [-0.3, -0.25) is 14.4 Å². The van der Waals surface area contributed by atoms with Gasteiger partial charge in [0, 0.05) is 70.4 Å². The summed E-state index contributed by atoms with van der Waals surface area (Å²) in [6.45, 7) is 24.9. The lowest BCUT2D eigenvalue weighted by Gasteiger charge is -2.45. The summed E-state index contributed by atoms with van der Waals surface area (Å²) in [4.78, 5) is 66.3. The first-order valence-electron chi connectivity index (χ1n) is 30.5. The third-order valence-corrected chi connectivity index (χ3v) is 18.7. The molecule has 27 heteroatoms. The Morgan fingerprint density at radius 1 is 0.852 bits per heavy atom. The van der Waals surface area contributed by atoms with Gasteiger partial charge in [-0.05, 0) is 92.8 Å². The summed E-state index contributed by atoms with van der Waals surface area (Å²) in [5.74, 6) is -11.3. The molecule has 0 aromatic heterocycles. The van der Waals surface area contributed by atoms with Gasteiger partial charge >= 0.3 is 18.0 Å². The first-order valence-corrected chi connectivity index (χ1v) is 32.0. The van der Waals surface area contributed by atoms with Crippen molar-refractivity contribution in [1.29, 1.82) is 0 Å². The number of carbonyl (C=O) groups excluding carboxylic acids is 4. The van der Waals surface area contributed by atoms with Crippen LogP contribution in [0.5, 0.6) is 0 Å². The predicted octanol–water partition coefficient (Wildman–Crippen LogP) is 6.04. The number of Topliss-reactive ketones (excluding diaryl/α,β-unsaturated/α-hetero) is 1. The second kappa shape index (κ2) is 32.0. The highest BCUT2D eigenvalue weighted by atomic mass is 32.2. The lowest BCUT2D eigenvalue weighted by molar-refractivity contribution is -0.305. The van der Waals surface area contributed by atoms with E-state index in [0.717, 1.165) is 18.2 Å². The Balaban J connectivity index is 1.71. The Labute approximate surface area is 518 Å². The number of likely N-dealkylation sites (N-methyl/N-ethyl adjacent to an activating group) is 1. The monoisotopic (exact) mass is 1280 g/mol. The van der Waals surface area contributed by atoms with E-state index in [9.17, 15) is 37.0 Å². The molecule has 4 fully saturated rings. The molecule has 0 radical (unpaired) electrons. The van der Waals surface area contributed by atoms with E-state index in [2.05, 4.69) is 20.1 Å². The number of ketones is 1. The van der Waals surface area contributed by atoms with Gasteiger partial charge in [-0.2, -0.15) is 0 Å². The van der Waals surface area contributed by atoms with Crippen LogP contribution >= 0.6 is 0 Å². The van der Waals surface area contributed by atoms with Gasteiger partial charge in [0.15, 0.2) is 35.1 Å². The van der Waals surface area contributed by atoms with Crippen LogP contribution in [0.1, 0.15) is 130 Å². The zero-order valence-corrected chi connectivity index (χ0v) is 55.5. The molecule has 0 spiro atoms. The molecule has 5 rings (SSSR count). The highest BCUT2D eigenvalue weighted by Crippen LogP contribution is 2.41. The largest absolute Gasteiger partial charge is 0.461 e. The fourth-order valence-electron chi connectivity index (χ4n) is 12.4. The Kier molecular flexibility index (Phi) is 27.1. The quantitative estimate of drug-likeness (QED) is 0.0657. The average Bonchev–Trinajstić information content (AvgIpc) is 1.08. The summed E-state index contributed by atoms with van der Waals surface area (Å²) in [6, 6.07) is 2.52. The fraction of sp³-hybridized carbons (Fsp3) is 0.820. The minimum absolute atomic E-state index is 0.0579. The molecule has 4 aliphatic rings. The number of benzene rings is 1. The van der Waals surface area contributed by atoms with E-state index >= 15 is 9.59 Å². The van der Waals surface area contributed by atoms with Crippen LogP contribution in [0.4, 0.5) is 13.6 Å². The van der Waals surface area contributed by atoms with Crippen LogP contribution < -0.4 is 10.0 Å². The van der Waals surface area contributed by atoms with E-state index in [-0.39, 0.29) is 49.6 Å². The maximum atomic E-state index is 16.0. The number of aliphatic hydroxyl groups is 2. The van der Waals surface area contributed by atoms with Crippen molar-refractivity contribution in [3.05, 3.63) is 29.8 Å². The van der Waals surface area contributed by atoms with Crippen LogP contribution in [-0.4, -0.2) is 204 Å². The molecule has 4 heterocycles. The normalized spacial score (nSPS) is 37.1. The number of ether oxygens (including phenoxy) is 11. The molecule has 1 aromatic carbocycles. The Bertz CT molecular complexity index is 2600. The third-order valence-electron chi connectivity index (χ3n) is 17.3. The molecule has 0 bridgehead atoms. The van der Waals surface area contributed by atoms with Gasteiger partial charge in [0.2, 0.25) is 10.0 Å². The second-order valence-electron chi connectivity index (χ2n) is 26.0. The van der Waals surface area contributed by atoms with E-state index < -0.39 is 183 Å². The maximum Gasteiger partial charge on any atom is 0.408 e. The topological polar surface area (TPSA) is 293 Å². The number of oxime groups is 1. The third kappa shape index (κ3) is 19.0. The Morgan fingerprint density at radius 3 is 2.09 bits per heavy atom. The number of methoxy groups -OCH3 is 2. The molecule has 4 saturated heterocycles. The van der Waals surface area contributed by atoms with Crippen molar-refractivity contribution in [3.63, 3.8) is 0 Å². The molecular weight excluding hydrogens is 1180 g/mol. The van der Waals surface area contributed by atoms with Crippen LogP contribution in [-0.2, 0) is 81.3 Å². The first kappa shape index (κ1) is 74.6. The number of halogens is 2. The number of nitrogens with one attached hydrogen (secondary N) is 2. The van der Waals surface area contributed by atoms with Crippen molar-refractivity contribution in [1.82, 2.24) is 14.9 Å². The van der Waals surface area contributed by atoms with Crippen molar-refractivity contribution in [2.45, 2.75) is 238 Å². The number of nitrogens with zero attached hydrogens (tertiary/aromatic N) is 2. The van der Waals surface area contributed by atoms with Crippen molar-refractivity contribution < 1.29 is 104 Å². The van der Waals surface area contributed by atoms with Crippen molar-refractivity contribution in [3.8, 4) is 0 Å². The summed E-state index contributed by atoms with van der Waals surface area (Å²) in [6.07, 6.45) is -15.6. The smallest absolute Gasteiger partial charge is 0.408 e. The highest BCUT2D eigenvalue weighted by molar-refractivity contribution is 7.89. The lowest BCUT2D eigenvalue weighted by Crippen LogP contribution is -2.59. The summed E-state index contributed by atoms with van der Waals surface area (Å²) in [5.41, 5.74) is -3.59. The van der Waals surface area contributed by atoms with Gasteiger partial charge in [-0.15, -0.1) is 0 Å². The zero-order valence-electron chi connectivity index (χ0n) is 54.7. The van der Waals surface area contributed by atoms with E-state index in [4.69, 9.17) is 56.9 Å². The molecule has 504 valence electrons. The lowest BCUT2D eigenvalue weighted by atomic mass is 9.74. The average molecular weight is 1280 g/mol. The number of alkyl carbamates (subject to hydrolysis) is 1. The molecule has 4 N–H and O–H groups in total. The van der Waals surface area contributed by atoms with Crippen LogP contribution in [0.3, 0.4) is 0 Å². The zero-order chi connectivity index (χ0) is 66.1. The van der Waals surface area contributed by atoms with E-state index in [1.807, 2.05) is 34.7 Å². The molecule has 1 amide bonds. The van der Waals surface area contributed by atoms with Gasteiger partial charge in [-0.1, -0.05) is 59.7 Å². The van der Waals surface area contributed by atoms with Crippen LogP contribution in [0.15, 0.2) is 28.3 Å². The van der Waals surface area contributed by atoms with Crippen LogP contribution in [0.25, 0.3) is 0 Å². The second-order valence-corrected chi connectivity index (χ2v) is 27.7. The van der Waals surface area contributed by atoms with E-state index in [1.165, 1.54) is 49.0 Å². The summed E-state index contributed by atoms with van der Waals surface area (Å²) >= 11 is 0. The standard InChI is InChI=1S/C61H100F2N4O20S/c1-30(2)23-44(68)83-50-37(9)49(32(4)28-79-58-53(77-18)52(76-17)46(69)40(12)82-58)85-56(72)39(11)51(84-45-24-33(5)67(16)27-35(7)80-45)36(8)48(86-57-47(70)43(66-78-19)25-34(6)81-57)31(3)26-61(15,55(71)38(50)10)87-59(73)65-60(13,14)29-64-88(74,75)54-41(62)21-20-22-42(54)63/h20-22,30-40,45-53,57-58,64,69-70H,23-29H2,1-19H3,(H,65,73)/b66-43+/t31-,32?,33?,34+,35-,36+,37-,38+,39+,40+,45-,46+,47+,48-,49+,50+,51-,52+,53+,57-,58+,61-/m0/s1. The van der Waals surface area contributed by atoms with Crippen molar-refractivity contribution in [2.75, 3.05) is 48.1 Å². The number of cyclic esters (lactones) is 1. The molecule has 22 atom stereocenters. The van der Waals surface area contributed by atoms with E-state index in [0.29, 0.717) is 13.0 Å². The van der Waals surface area contributed by atoms with Gasteiger partial charge in [0.25, 0.3) is 0 Å². The first-order chi connectivity index (χ1) is 41.0. The number of hydrogen-bond acceptors (Lipinski definition) is 22. The van der Waals surface area contributed by atoms with Gasteiger partial charge in [0.1, 0.15) is 55.4 Å². The number of carbonyl (C=O) groups is 4. The minimum Gasteiger partial charge on any atom is -0.461 e. The molecule has 4 aliphatic heterocycles. The number of sulfonamides is 1. The van der Waals surface area contributed by atoms with E-state index in [1.54, 1.807) is 48.5 Å². The number of amides is 1. The Hall–Kier alpha value is -4.10. The number of rotatable bonds is 20. The van der Waals surface area contributed by atoms with Gasteiger partial charge in [-0.25, -0.2) is 26.7 Å². The van der Waals surface area contributed by atoms with Crippen molar-refractivity contribution >= 4 is 39.6 Å². The minimum atomic E-state index is -4.84. The summed E-state index contributed by atoms with van der Waals surface area (Å²) < 4.78 is 129. The number of aliphatic hydroxyl groups excluding tert-OH is 2. The molecule has 2 unspecified atom stereocenters. The number of hydrogen-bond donors (Lipinski definition) is 4. The molecular formula is C61H100F2N4O20S. The van der Waals surface area contributed by atoms with Gasteiger partial charge < -0.3 is 77.4 Å². The van der Waals surface area contributed by atoms with Gasteiger partial charge in [0.05, 0.1) is 60.2 Å². The molecule has 0 saturated carbocycles. The Morgan fingerprint density at radius 2 is 1.49 bits per heavy atom. The molecule has 88 heavy (non-hydrogen) atoms. The fourth-order valence-corrected chi connectivity index (χ4v) is 13.7. The van der Waals surface area contributed by atoms with Crippen molar-refractivity contribution in [2.24, 2.45) is 46.6 Å². The SMILES string of the molecule is CO/N=C1\C[C@@H](C)O[C@@H](O[C@@H]2[C@@H](C)[C@H](O[C@H]3CC(C)N(C)C[C@H](C)O3)[C@@H](C)C(=O)O[C@H](C(C)CO[C@@H]3O[C@H](C)[C@@H](O)[C@@H](OC)[C@H]3OC)[C@H](C)[C@@H](OC(=O)CC(C)C)[C@@H](C)C(=O)[C@@](C)(OC(=O)NC(C)(C)CNS(=O)(=O)c3c(F)cccc3F)C[C@@H]2C)[C@@H]1O. The summed E-state index contributed by atoms with van der Waals surface area (Å²) in [5, 5.41) is 29.5. The maximum absolute atomic E-state index is 16.0. The molecule has 24 nitrogen and oxygen atoms in total.